The molecular weight excluding hydrogens is 318 g/mol. The molecule has 0 unspecified atom stereocenters. The van der Waals surface area contributed by atoms with Gasteiger partial charge >= 0.3 is 5.97 Å². The van der Waals surface area contributed by atoms with Crippen molar-refractivity contribution in [3.8, 4) is 11.3 Å². The Kier molecular flexibility index (Phi) is 4.39. The molecule has 3 rings (SSSR count). The van der Waals surface area contributed by atoms with E-state index in [9.17, 15) is 9.59 Å². The van der Waals surface area contributed by atoms with Gasteiger partial charge in [0.2, 0.25) is 5.76 Å². The van der Waals surface area contributed by atoms with Gasteiger partial charge in [0.15, 0.2) is 0 Å². The maximum atomic E-state index is 12.5. The minimum atomic E-state index is -1.14. The van der Waals surface area contributed by atoms with Gasteiger partial charge in [0.25, 0.3) is 5.91 Å². The summed E-state index contributed by atoms with van der Waals surface area (Å²) >= 11 is 0. The number of anilines is 1. The molecule has 0 saturated heterocycles. The van der Waals surface area contributed by atoms with Crippen molar-refractivity contribution in [3.05, 3.63) is 77.0 Å². The summed E-state index contributed by atoms with van der Waals surface area (Å²) in [6, 6.07) is 15.8. The first-order valence-electron chi connectivity index (χ1n) is 7.76. The van der Waals surface area contributed by atoms with Crippen molar-refractivity contribution in [2.75, 3.05) is 5.32 Å². The highest BCUT2D eigenvalue weighted by Crippen LogP contribution is 2.31. The van der Waals surface area contributed by atoms with Crippen molar-refractivity contribution in [2.45, 2.75) is 13.8 Å². The van der Waals surface area contributed by atoms with E-state index in [1.165, 1.54) is 6.07 Å². The fourth-order valence-electron chi connectivity index (χ4n) is 2.55. The molecule has 0 aliphatic rings. The van der Waals surface area contributed by atoms with Crippen LogP contribution in [0, 0.1) is 13.8 Å². The van der Waals surface area contributed by atoms with Crippen LogP contribution in [0.15, 0.2) is 59.0 Å². The van der Waals surface area contributed by atoms with Gasteiger partial charge in [0.05, 0.1) is 5.69 Å². The van der Waals surface area contributed by atoms with Gasteiger partial charge in [-0.3, -0.25) is 4.79 Å². The molecule has 2 N–H and O–H groups in total. The number of aromatic carboxylic acids is 1. The van der Waals surface area contributed by atoms with Crippen LogP contribution in [0.4, 0.5) is 5.69 Å². The van der Waals surface area contributed by atoms with E-state index in [4.69, 9.17) is 9.52 Å². The van der Waals surface area contributed by atoms with Crippen LogP contribution >= 0.6 is 0 Å². The van der Waals surface area contributed by atoms with Crippen molar-refractivity contribution in [2.24, 2.45) is 0 Å². The lowest BCUT2D eigenvalue weighted by atomic mass is 10.1. The molecule has 2 aromatic carbocycles. The number of carboxylic acids is 1. The second-order valence-corrected chi connectivity index (χ2v) is 5.84. The molecule has 3 aromatic rings. The molecule has 0 bridgehead atoms. The molecule has 1 heterocycles. The first-order chi connectivity index (χ1) is 11.9. The maximum Gasteiger partial charge on any atom is 0.371 e. The molecule has 0 atom stereocenters. The van der Waals surface area contributed by atoms with E-state index < -0.39 is 5.97 Å². The van der Waals surface area contributed by atoms with E-state index >= 15 is 0 Å². The average Bonchev–Trinajstić information content (AvgIpc) is 3.05. The molecule has 5 nitrogen and oxygen atoms in total. The van der Waals surface area contributed by atoms with E-state index in [1.54, 1.807) is 24.3 Å². The Balaban J connectivity index is 1.96. The van der Waals surface area contributed by atoms with Crippen molar-refractivity contribution < 1.29 is 19.1 Å². The third kappa shape index (κ3) is 3.61. The van der Waals surface area contributed by atoms with Crippen LogP contribution in [0.3, 0.4) is 0 Å². The summed E-state index contributed by atoms with van der Waals surface area (Å²) < 4.78 is 5.37. The number of carboxylic acid groups (broad SMARTS) is 1. The topological polar surface area (TPSA) is 79.5 Å². The van der Waals surface area contributed by atoms with Gasteiger partial charge in [-0.05, 0) is 55.8 Å². The Hall–Kier alpha value is -3.34. The number of aryl methyl sites for hydroxylation is 2. The van der Waals surface area contributed by atoms with Gasteiger partial charge in [-0.1, -0.05) is 23.8 Å². The summed E-state index contributed by atoms with van der Waals surface area (Å²) in [5, 5.41) is 11.9. The van der Waals surface area contributed by atoms with Crippen molar-refractivity contribution in [3.63, 3.8) is 0 Å². The number of carbonyl (C=O) groups excluding carboxylic acids is 1. The SMILES string of the molecule is Cc1cccc(C(=O)Nc2cc(C)ccc2-c2ccc(C(=O)O)o2)c1. The fourth-order valence-corrected chi connectivity index (χ4v) is 2.55. The standard InChI is InChI=1S/C20H17NO4/c1-12-4-3-5-14(10-12)19(22)21-16-11-13(2)6-7-15(16)17-8-9-18(25-17)20(23)24/h3-11H,1-2H3,(H,21,22)(H,23,24). The number of hydrogen-bond acceptors (Lipinski definition) is 3. The zero-order valence-corrected chi connectivity index (χ0v) is 13.9. The van der Waals surface area contributed by atoms with E-state index in [1.807, 2.05) is 38.1 Å². The molecular formula is C20H17NO4. The summed E-state index contributed by atoms with van der Waals surface area (Å²) in [4.78, 5) is 23.6. The first kappa shape index (κ1) is 16.5. The van der Waals surface area contributed by atoms with Crippen LogP contribution in [0.2, 0.25) is 0 Å². The Morgan fingerprint density at radius 3 is 2.40 bits per heavy atom. The van der Waals surface area contributed by atoms with Crippen LogP contribution < -0.4 is 5.32 Å². The van der Waals surface area contributed by atoms with Crippen LogP contribution in [0.25, 0.3) is 11.3 Å². The zero-order valence-electron chi connectivity index (χ0n) is 13.9. The Labute approximate surface area is 144 Å². The lowest BCUT2D eigenvalue weighted by Crippen LogP contribution is -2.12. The van der Waals surface area contributed by atoms with Crippen molar-refractivity contribution >= 4 is 17.6 Å². The normalized spacial score (nSPS) is 10.5. The van der Waals surface area contributed by atoms with E-state index in [0.29, 0.717) is 22.6 Å². The summed E-state index contributed by atoms with van der Waals surface area (Å²) in [7, 11) is 0. The molecule has 25 heavy (non-hydrogen) atoms. The quantitative estimate of drug-likeness (QED) is 0.735. The molecule has 126 valence electrons. The number of hydrogen-bond donors (Lipinski definition) is 2. The van der Waals surface area contributed by atoms with Gasteiger partial charge in [-0.2, -0.15) is 0 Å². The second-order valence-electron chi connectivity index (χ2n) is 5.84. The minimum Gasteiger partial charge on any atom is -0.475 e. The molecule has 0 aliphatic carbocycles. The third-order valence-corrected chi connectivity index (χ3v) is 3.79. The highest BCUT2D eigenvalue weighted by atomic mass is 16.4. The van der Waals surface area contributed by atoms with Crippen LogP contribution in [-0.4, -0.2) is 17.0 Å². The third-order valence-electron chi connectivity index (χ3n) is 3.79. The predicted molar refractivity (Wildman–Crippen MR) is 95.0 cm³/mol. The smallest absolute Gasteiger partial charge is 0.371 e. The second kappa shape index (κ2) is 6.65. The number of benzene rings is 2. The lowest BCUT2D eigenvalue weighted by Gasteiger charge is -2.11. The molecule has 5 heteroatoms. The van der Waals surface area contributed by atoms with Crippen molar-refractivity contribution in [1.29, 1.82) is 0 Å². The summed E-state index contributed by atoms with van der Waals surface area (Å²) in [5.74, 6) is -1.13. The zero-order chi connectivity index (χ0) is 18.0. The Morgan fingerprint density at radius 1 is 0.960 bits per heavy atom. The van der Waals surface area contributed by atoms with Gasteiger partial charge in [0.1, 0.15) is 5.76 Å². The van der Waals surface area contributed by atoms with E-state index in [0.717, 1.165) is 11.1 Å². The van der Waals surface area contributed by atoms with Gasteiger partial charge < -0.3 is 14.8 Å². The first-order valence-corrected chi connectivity index (χ1v) is 7.76. The molecule has 0 saturated carbocycles. The number of rotatable bonds is 4. The molecule has 0 spiro atoms. The summed E-state index contributed by atoms with van der Waals surface area (Å²) in [5.41, 5.74) is 3.71. The molecule has 0 fully saturated rings. The molecule has 0 aliphatic heterocycles. The van der Waals surface area contributed by atoms with Crippen LogP contribution in [-0.2, 0) is 0 Å². The number of nitrogens with one attached hydrogen (secondary N) is 1. The van der Waals surface area contributed by atoms with Crippen LogP contribution in [0.1, 0.15) is 32.0 Å². The minimum absolute atomic E-state index is 0.147. The van der Waals surface area contributed by atoms with Gasteiger partial charge in [0, 0.05) is 11.1 Å². The molecule has 1 aromatic heterocycles. The fraction of sp³-hybridized carbons (Fsp3) is 0.100. The average molecular weight is 335 g/mol. The monoisotopic (exact) mass is 335 g/mol. The Morgan fingerprint density at radius 2 is 1.72 bits per heavy atom. The summed E-state index contributed by atoms with van der Waals surface area (Å²) in [6.07, 6.45) is 0. The largest absolute Gasteiger partial charge is 0.475 e. The molecule has 0 radical (unpaired) electrons. The molecule has 1 amide bonds. The maximum absolute atomic E-state index is 12.5. The Bertz CT molecular complexity index is 956. The van der Waals surface area contributed by atoms with Gasteiger partial charge in [-0.25, -0.2) is 4.79 Å². The number of carbonyl (C=O) groups is 2. The summed E-state index contributed by atoms with van der Waals surface area (Å²) in [6.45, 7) is 3.84. The predicted octanol–water partition coefficient (Wildman–Crippen LogP) is 4.51. The highest BCUT2D eigenvalue weighted by Gasteiger charge is 2.15. The van der Waals surface area contributed by atoms with E-state index in [-0.39, 0.29) is 11.7 Å². The van der Waals surface area contributed by atoms with E-state index in [2.05, 4.69) is 5.32 Å². The van der Waals surface area contributed by atoms with Crippen molar-refractivity contribution in [1.82, 2.24) is 0 Å². The number of amides is 1. The highest BCUT2D eigenvalue weighted by molar-refractivity contribution is 6.06. The van der Waals surface area contributed by atoms with Crippen LogP contribution in [0.5, 0.6) is 0 Å². The van der Waals surface area contributed by atoms with Gasteiger partial charge in [-0.15, -0.1) is 0 Å². The lowest BCUT2D eigenvalue weighted by molar-refractivity contribution is 0.0663. The number of furan rings is 1.